The van der Waals surface area contributed by atoms with E-state index in [0.717, 1.165) is 39.7 Å². The zero-order valence-electron chi connectivity index (χ0n) is 38.8. The van der Waals surface area contributed by atoms with E-state index in [4.69, 9.17) is 4.42 Å². The average Bonchev–Trinajstić information content (AvgIpc) is 3.95. The van der Waals surface area contributed by atoms with Crippen LogP contribution in [0.5, 0.6) is 0 Å². The van der Waals surface area contributed by atoms with Gasteiger partial charge >= 0.3 is 11.5 Å². The molecule has 11 rings (SSSR count). The highest BCUT2D eigenvalue weighted by molar-refractivity contribution is 6.89. The summed E-state index contributed by atoms with van der Waals surface area (Å²) in [7, 11) is -1.88. The summed E-state index contributed by atoms with van der Waals surface area (Å²) < 4.78 is 15.3. The second-order valence-electron chi connectivity index (χ2n) is 21.8. The monoisotopic (exact) mass is 841 g/mol. The van der Waals surface area contributed by atoms with Gasteiger partial charge in [-0.25, -0.2) is 0 Å². The minimum Gasteiger partial charge on any atom is -0.455 e. The van der Waals surface area contributed by atoms with E-state index in [0.29, 0.717) is 5.92 Å². The number of imidazole rings is 1. The highest BCUT2D eigenvalue weighted by Crippen LogP contribution is 2.54. The van der Waals surface area contributed by atoms with Gasteiger partial charge in [0.1, 0.15) is 16.8 Å². The lowest BCUT2D eigenvalue weighted by Crippen LogP contribution is -2.72. The zero-order chi connectivity index (χ0) is 44.0. The van der Waals surface area contributed by atoms with Crippen LogP contribution in [0.3, 0.4) is 0 Å². The summed E-state index contributed by atoms with van der Waals surface area (Å²) >= 11 is 0. The second kappa shape index (κ2) is 13.5. The van der Waals surface area contributed by atoms with Crippen LogP contribution in [0.1, 0.15) is 83.2 Å². The largest absolute Gasteiger partial charge is 0.455 e. The molecule has 0 aliphatic carbocycles. The van der Waals surface area contributed by atoms with E-state index >= 15 is 0 Å². The maximum atomic E-state index is 7.22. The van der Waals surface area contributed by atoms with Crippen molar-refractivity contribution in [2.75, 3.05) is 0 Å². The Balaban J connectivity index is 1.41. The molecule has 314 valence electrons. The maximum absolute atomic E-state index is 7.22. The highest BCUT2D eigenvalue weighted by atomic mass is 28.3. The summed E-state index contributed by atoms with van der Waals surface area (Å²) in [5, 5.41) is 3.80. The first-order chi connectivity index (χ1) is 30.0. The van der Waals surface area contributed by atoms with Gasteiger partial charge in [-0.05, 0) is 82.3 Å². The molecule has 1 atom stereocenters. The van der Waals surface area contributed by atoms with Gasteiger partial charge in [0.25, 0.3) is 0 Å². The van der Waals surface area contributed by atoms with Crippen molar-refractivity contribution in [1.29, 1.82) is 0 Å². The summed E-state index contributed by atoms with van der Waals surface area (Å²) in [5.41, 5.74) is 17.2. The molecule has 63 heavy (non-hydrogen) atoms. The Labute approximate surface area is 373 Å². The van der Waals surface area contributed by atoms with Crippen LogP contribution in [0.4, 0.5) is 0 Å². The predicted molar refractivity (Wildman–Crippen MR) is 264 cm³/mol. The third-order valence-corrected chi connectivity index (χ3v) is 16.0. The van der Waals surface area contributed by atoms with Crippen molar-refractivity contribution in [1.82, 2.24) is 4.57 Å². The summed E-state index contributed by atoms with van der Waals surface area (Å²) in [6, 6.07) is 50.3. The van der Waals surface area contributed by atoms with Gasteiger partial charge in [0, 0.05) is 33.2 Å². The van der Waals surface area contributed by atoms with Gasteiger partial charge in [0.15, 0.2) is 22.8 Å². The minimum atomic E-state index is -1.88. The van der Waals surface area contributed by atoms with Crippen molar-refractivity contribution in [3.05, 3.63) is 167 Å². The molecule has 0 amide bonds. The van der Waals surface area contributed by atoms with Crippen LogP contribution in [0.25, 0.3) is 72.4 Å². The third-order valence-electron chi connectivity index (χ3n) is 13.9. The number of rotatable bonds is 5. The van der Waals surface area contributed by atoms with Crippen LogP contribution in [0.15, 0.2) is 144 Å². The molecule has 9 aromatic rings. The first-order valence-corrected chi connectivity index (χ1v) is 26.4. The molecule has 0 N–H and O–H groups in total. The second-order valence-corrected chi connectivity index (χ2v) is 26.8. The summed E-state index contributed by atoms with van der Waals surface area (Å²) in [6.07, 6.45) is 3.66. The first kappa shape index (κ1) is 39.8. The molecule has 2 aliphatic heterocycles. The fourth-order valence-corrected chi connectivity index (χ4v) is 12.8. The van der Waals surface area contributed by atoms with Gasteiger partial charge in [-0.15, -0.1) is 9.13 Å². The Bertz CT molecular complexity index is 3350. The topological polar surface area (TPSA) is 25.8 Å². The van der Waals surface area contributed by atoms with Crippen LogP contribution < -0.4 is 14.3 Å². The Kier molecular flexibility index (Phi) is 8.51. The minimum absolute atomic E-state index is 0.0657. The molecule has 0 saturated carbocycles. The van der Waals surface area contributed by atoms with Crippen molar-refractivity contribution in [2.24, 2.45) is 5.92 Å². The molecule has 0 saturated heterocycles. The lowest BCUT2D eigenvalue weighted by molar-refractivity contribution is -0.944. The molecule has 0 bridgehead atoms. The number of hydrogen-bond donors (Lipinski definition) is 0. The standard InChI is InChI=1S/C58H59N3OSi/c1-36(2)32-38-33-49-43-29-28-39(56(3,4)5)34-46(43)58(59(49)35-51(38)63(9,10)11)44-31-30-42-41-22-15-18-27-50(41)62-54(42)52(44)55-60(47-25-16-17-26-48(47)61(55)58)53-40(37-20-13-12-14-21-37)23-19-24-45(53)57(6,7)8/h12-31,33-36H,32H2,1-11H3/q+2. The van der Waals surface area contributed by atoms with E-state index < -0.39 is 13.7 Å². The predicted octanol–water partition coefficient (Wildman–Crippen LogP) is 13.4. The van der Waals surface area contributed by atoms with Gasteiger partial charge in [0.2, 0.25) is 5.69 Å². The number of pyridine rings is 1. The van der Waals surface area contributed by atoms with Crippen LogP contribution >= 0.6 is 0 Å². The molecule has 4 nitrogen and oxygen atoms in total. The highest BCUT2D eigenvalue weighted by Gasteiger charge is 2.67. The van der Waals surface area contributed by atoms with Crippen molar-refractivity contribution < 1.29 is 13.6 Å². The SMILES string of the molecule is CC(C)Cc1cc2[n+](cc1[Si](C)(C)C)C1(c3cc(C(C)(C)C)ccc3-2)c2ccc3c(oc4ccccc43)c2-c2n(-c3c(-c4ccccc4)cccc3C(C)(C)C)c3ccccc3[n+]21. The number of benzene rings is 6. The van der Waals surface area contributed by atoms with Gasteiger partial charge in [-0.1, -0.05) is 160 Å². The van der Waals surface area contributed by atoms with E-state index in [2.05, 4.69) is 228 Å². The van der Waals surface area contributed by atoms with Crippen molar-refractivity contribution in [3.8, 4) is 39.5 Å². The number of para-hydroxylation sites is 4. The lowest BCUT2D eigenvalue weighted by atomic mass is 9.81. The summed E-state index contributed by atoms with van der Waals surface area (Å²) in [6.45, 7) is 26.4. The molecule has 1 spiro atoms. The molecule has 5 heterocycles. The van der Waals surface area contributed by atoms with E-state index in [1.54, 1.807) is 0 Å². The zero-order valence-corrected chi connectivity index (χ0v) is 39.8. The Morgan fingerprint density at radius 3 is 2.14 bits per heavy atom. The van der Waals surface area contributed by atoms with Crippen LogP contribution in [0.2, 0.25) is 19.6 Å². The van der Waals surface area contributed by atoms with E-state index in [-0.39, 0.29) is 10.8 Å². The third kappa shape index (κ3) is 5.64. The normalized spacial score (nSPS) is 15.8. The van der Waals surface area contributed by atoms with Gasteiger partial charge < -0.3 is 4.42 Å². The van der Waals surface area contributed by atoms with Crippen molar-refractivity contribution in [2.45, 2.75) is 97.9 Å². The molecular weight excluding hydrogens is 783 g/mol. The number of furan rings is 1. The smallest absolute Gasteiger partial charge is 0.364 e. The Morgan fingerprint density at radius 2 is 1.41 bits per heavy atom. The maximum Gasteiger partial charge on any atom is 0.364 e. The van der Waals surface area contributed by atoms with Crippen LogP contribution in [-0.4, -0.2) is 12.6 Å². The van der Waals surface area contributed by atoms with Gasteiger partial charge in [-0.3, -0.25) is 0 Å². The molecular formula is C58H59N3OSi+2. The van der Waals surface area contributed by atoms with Crippen LogP contribution in [0, 0.1) is 5.92 Å². The molecule has 3 aromatic heterocycles. The lowest BCUT2D eigenvalue weighted by Gasteiger charge is -2.25. The van der Waals surface area contributed by atoms with E-state index in [9.17, 15) is 0 Å². The fourth-order valence-electron chi connectivity index (χ4n) is 11.1. The molecule has 0 fully saturated rings. The molecule has 2 aliphatic rings. The Hall–Kier alpha value is -6.04. The van der Waals surface area contributed by atoms with E-state index in [1.165, 1.54) is 72.1 Å². The molecule has 5 heteroatoms. The molecule has 1 unspecified atom stereocenters. The number of nitrogens with zero attached hydrogens (tertiary/aromatic N) is 3. The van der Waals surface area contributed by atoms with Gasteiger partial charge in [0.05, 0.1) is 24.8 Å². The number of fused-ring (bicyclic) bond motifs is 16. The van der Waals surface area contributed by atoms with Gasteiger partial charge in [-0.2, -0.15) is 4.57 Å². The summed E-state index contributed by atoms with van der Waals surface area (Å²) in [4.78, 5) is 0. The molecule has 0 radical (unpaired) electrons. The van der Waals surface area contributed by atoms with Crippen LogP contribution in [-0.2, 0) is 22.9 Å². The van der Waals surface area contributed by atoms with Crippen molar-refractivity contribution in [3.63, 3.8) is 0 Å². The first-order valence-electron chi connectivity index (χ1n) is 22.9. The fraction of sp³-hybridized carbons (Fsp3) is 0.276. The average molecular weight is 842 g/mol. The Morgan fingerprint density at radius 1 is 0.683 bits per heavy atom. The number of aromatic nitrogens is 3. The quantitative estimate of drug-likeness (QED) is 0.125. The van der Waals surface area contributed by atoms with E-state index in [1.807, 2.05) is 0 Å². The van der Waals surface area contributed by atoms with Crippen molar-refractivity contribution >= 4 is 46.2 Å². The summed E-state index contributed by atoms with van der Waals surface area (Å²) in [5.74, 6) is 1.67. The number of hydrogen-bond acceptors (Lipinski definition) is 1. The molecule has 6 aromatic carbocycles.